The Kier molecular flexibility index (Phi) is 6.74. The second-order valence-corrected chi connectivity index (χ2v) is 9.67. The molecule has 4 rings (SSSR count). The highest BCUT2D eigenvalue weighted by atomic mass is 16.6. The minimum atomic E-state index is -0.603. The average Bonchev–Trinajstić information content (AvgIpc) is 2.85. The maximum absolute atomic E-state index is 12.5. The number of rotatable bonds is 6. The van der Waals surface area contributed by atoms with Crippen LogP contribution >= 0.6 is 0 Å². The Morgan fingerprint density at radius 2 is 1.39 bits per heavy atom. The van der Waals surface area contributed by atoms with Crippen LogP contribution in [-0.2, 0) is 14.9 Å². The van der Waals surface area contributed by atoms with E-state index in [1.807, 2.05) is 0 Å². The van der Waals surface area contributed by atoms with Crippen molar-refractivity contribution in [2.75, 3.05) is 0 Å². The summed E-state index contributed by atoms with van der Waals surface area (Å²) in [6.07, 6.45) is 2.64. The maximum atomic E-state index is 12.5. The third-order valence-electron chi connectivity index (χ3n) is 8.26. The summed E-state index contributed by atoms with van der Waals surface area (Å²) in [6, 6.07) is 32.4. The fraction of sp³-hybridized carbons (Fsp3) is 0.387. The van der Waals surface area contributed by atoms with Crippen molar-refractivity contribution < 1.29 is 9.53 Å². The SMILES string of the molecule is CCC1(OC(C)=O)CCC(C(C)c2ccccc2)C(C)C1(c1ccccc1)c1ccccc1. The van der Waals surface area contributed by atoms with Crippen molar-refractivity contribution in [2.45, 2.75) is 63.9 Å². The highest BCUT2D eigenvalue weighted by Crippen LogP contribution is 2.60. The summed E-state index contributed by atoms with van der Waals surface area (Å²) in [5.74, 6) is 0.906. The average molecular weight is 441 g/mol. The first-order valence-electron chi connectivity index (χ1n) is 12.3. The lowest BCUT2D eigenvalue weighted by Gasteiger charge is -2.59. The van der Waals surface area contributed by atoms with E-state index < -0.39 is 11.0 Å². The van der Waals surface area contributed by atoms with Gasteiger partial charge in [0.2, 0.25) is 0 Å². The topological polar surface area (TPSA) is 26.3 Å². The maximum Gasteiger partial charge on any atom is 0.303 e. The van der Waals surface area contributed by atoms with Crippen LogP contribution in [0, 0.1) is 11.8 Å². The van der Waals surface area contributed by atoms with E-state index >= 15 is 0 Å². The zero-order chi connectivity index (χ0) is 23.5. The second kappa shape index (κ2) is 9.55. The van der Waals surface area contributed by atoms with Crippen LogP contribution in [-0.4, -0.2) is 11.6 Å². The Morgan fingerprint density at radius 3 is 1.85 bits per heavy atom. The van der Waals surface area contributed by atoms with Gasteiger partial charge in [-0.25, -0.2) is 0 Å². The molecule has 4 unspecified atom stereocenters. The van der Waals surface area contributed by atoms with E-state index in [0.717, 1.165) is 19.3 Å². The van der Waals surface area contributed by atoms with Gasteiger partial charge in [0.05, 0.1) is 5.41 Å². The Bertz CT molecular complexity index is 1000. The quantitative estimate of drug-likeness (QED) is 0.370. The number of hydrogen-bond acceptors (Lipinski definition) is 2. The van der Waals surface area contributed by atoms with Crippen molar-refractivity contribution in [2.24, 2.45) is 11.8 Å². The van der Waals surface area contributed by atoms with Crippen molar-refractivity contribution in [1.82, 2.24) is 0 Å². The molecule has 0 N–H and O–H groups in total. The van der Waals surface area contributed by atoms with Crippen molar-refractivity contribution >= 4 is 5.97 Å². The van der Waals surface area contributed by atoms with Gasteiger partial charge in [0, 0.05) is 6.92 Å². The fourth-order valence-electron chi connectivity index (χ4n) is 6.82. The molecule has 2 nitrogen and oxygen atoms in total. The predicted octanol–water partition coefficient (Wildman–Crippen LogP) is 7.53. The molecule has 0 radical (unpaired) electrons. The van der Waals surface area contributed by atoms with Gasteiger partial charge >= 0.3 is 5.97 Å². The lowest BCUT2D eigenvalue weighted by atomic mass is 9.47. The third kappa shape index (κ3) is 3.90. The van der Waals surface area contributed by atoms with Crippen LogP contribution in [0.2, 0.25) is 0 Å². The van der Waals surface area contributed by atoms with Crippen molar-refractivity contribution in [3.05, 3.63) is 108 Å². The Hall–Kier alpha value is -2.87. The van der Waals surface area contributed by atoms with Gasteiger partial charge in [-0.15, -0.1) is 0 Å². The van der Waals surface area contributed by atoms with Crippen molar-refractivity contribution in [1.29, 1.82) is 0 Å². The molecule has 4 atom stereocenters. The molecule has 0 amide bonds. The highest BCUT2D eigenvalue weighted by Gasteiger charge is 2.62. The van der Waals surface area contributed by atoms with Gasteiger partial charge in [0.15, 0.2) is 0 Å². The molecule has 0 aliphatic heterocycles. The first kappa shape index (κ1) is 23.3. The van der Waals surface area contributed by atoms with Gasteiger partial charge in [-0.2, -0.15) is 0 Å². The monoisotopic (exact) mass is 440 g/mol. The molecule has 1 saturated carbocycles. The number of ether oxygens (including phenoxy) is 1. The summed E-state index contributed by atoms with van der Waals surface area (Å²) in [5, 5.41) is 0. The van der Waals surface area contributed by atoms with Gasteiger partial charge in [-0.3, -0.25) is 4.79 Å². The van der Waals surface area contributed by atoms with Gasteiger partial charge in [0.25, 0.3) is 0 Å². The minimum absolute atomic E-state index is 0.199. The molecule has 1 aliphatic rings. The van der Waals surface area contributed by atoms with Crippen LogP contribution in [0.4, 0.5) is 0 Å². The van der Waals surface area contributed by atoms with E-state index in [2.05, 4.69) is 112 Å². The summed E-state index contributed by atoms with van der Waals surface area (Å²) in [5.41, 5.74) is 2.80. The van der Waals surface area contributed by atoms with Crippen molar-refractivity contribution in [3.8, 4) is 0 Å². The molecule has 0 spiro atoms. The molecule has 3 aromatic carbocycles. The summed E-state index contributed by atoms with van der Waals surface area (Å²) in [4.78, 5) is 12.5. The molecule has 172 valence electrons. The zero-order valence-electron chi connectivity index (χ0n) is 20.3. The molecular weight excluding hydrogens is 404 g/mol. The number of carbonyl (C=O) groups is 1. The lowest BCUT2D eigenvalue weighted by molar-refractivity contribution is -0.178. The molecule has 1 fully saturated rings. The Morgan fingerprint density at radius 1 is 0.909 bits per heavy atom. The summed E-state index contributed by atoms with van der Waals surface area (Å²) in [6.45, 7) is 8.48. The van der Waals surface area contributed by atoms with Crippen LogP contribution in [0.3, 0.4) is 0 Å². The van der Waals surface area contributed by atoms with Crippen LogP contribution < -0.4 is 0 Å². The molecule has 33 heavy (non-hydrogen) atoms. The molecule has 1 aliphatic carbocycles. The van der Waals surface area contributed by atoms with E-state index in [9.17, 15) is 4.79 Å². The fourth-order valence-corrected chi connectivity index (χ4v) is 6.82. The van der Waals surface area contributed by atoms with Gasteiger partial charge in [0.1, 0.15) is 5.60 Å². The Balaban J connectivity index is 1.98. The van der Waals surface area contributed by atoms with Gasteiger partial charge < -0.3 is 4.74 Å². The number of esters is 1. The molecule has 0 aromatic heterocycles. The third-order valence-corrected chi connectivity index (χ3v) is 8.26. The number of hydrogen-bond donors (Lipinski definition) is 0. The first-order valence-corrected chi connectivity index (χ1v) is 12.3. The predicted molar refractivity (Wildman–Crippen MR) is 135 cm³/mol. The van der Waals surface area contributed by atoms with Gasteiger partial charge in [-0.05, 0) is 53.7 Å². The highest BCUT2D eigenvalue weighted by molar-refractivity contribution is 5.67. The van der Waals surface area contributed by atoms with Crippen LogP contribution in [0.1, 0.15) is 69.6 Å². The lowest BCUT2D eigenvalue weighted by Crippen LogP contribution is -2.62. The number of benzene rings is 3. The Labute approximate surface area is 199 Å². The zero-order valence-corrected chi connectivity index (χ0v) is 20.3. The summed E-state index contributed by atoms with van der Waals surface area (Å²) < 4.78 is 6.42. The standard InChI is InChI=1S/C31H36O2/c1-5-30(33-25(4)32)22-21-29(23(2)26-15-9-6-10-16-26)24(3)31(30,27-17-11-7-12-18-27)28-19-13-8-14-20-28/h6-20,23-24,29H,5,21-22H2,1-4H3. The number of carbonyl (C=O) groups excluding carboxylic acids is 1. The van der Waals surface area contributed by atoms with Crippen molar-refractivity contribution in [3.63, 3.8) is 0 Å². The van der Waals surface area contributed by atoms with Crippen LogP contribution in [0.15, 0.2) is 91.0 Å². The van der Waals surface area contributed by atoms with Crippen LogP contribution in [0.25, 0.3) is 0 Å². The summed E-state index contributed by atoms with van der Waals surface area (Å²) in [7, 11) is 0. The van der Waals surface area contributed by atoms with E-state index in [4.69, 9.17) is 4.74 Å². The first-order chi connectivity index (χ1) is 16.0. The molecule has 3 aromatic rings. The van der Waals surface area contributed by atoms with E-state index in [-0.39, 0.29) is 11.9 Å². The molecule has 0 saturated heterocycles. The second-order valence-electron chi connectivity index (χ2n) is 9.67. The summed E-state index contributed by atoms with van der Waals surface area (Å²) >= 11 is 0. The normalized spacial score (nSPS) is 25.2. The van der Waals surface area contributed by atoms with Gasteiger partial charge in [-0.1, -0.05) is 112 Å². The molecular formula is C31H36O2. The van der Waals surface area contributed by atoms with E-state index in [1.54, 1.807) is 6.92 Å². The largest absolute Gasteiger partial charge is 0.458 e. The van der Waals surface area contributed by atoms with Crippen LogP contribution in [0.5, 0.6) is 0 Å². The smallest absolute Gasteiger partial charge is 0.303 e. The molecule has 0 heterocycles. The molecule has 0 bridgehead atoms. The van der Waals surface area contributed by atoms with E-state index in [1.165, 1.54) is 16.7 Å². The molecule has 2 heteroatoms. The van der Waals surface area contributed by atoms with E-state index in [0.29, 0.717) is 11.8 Å². The minimum Gasteiger partial charge on any atom is -0.458 e.